The third kappa shape index (κ3) is 11.7. The van der Waals surface area contributed by atoms with E-state index in [0.29, 0.717) is 12.8 Å². The molecular weight excluding hydrogens is 252 g/mol. The normalized spacial score (nSPS) is 11.9. The molecular formula is C13H24O6. The van der Waals surface area contributed by atoms with Crippen LogP contribution in [0.15, 0.2) is 0 Å². The summed E-state index contributed by atoms with van der Waals surface area (Å²) in [6.07, 6.45) is 4.09. The topological polar surface area (TPSA) is 93.1 Å². The van der Waals surface area contributed by atoms with Gasteiger partial charge >= 0.3 is 11.9 Å². The lowest BCUT2D eigenvalue weighted by Crippen LogP contribution is -2.21. The van der Waals surface area contributed by atoms with Crippen LogP contribution in [-0.2, 0) is 19.1 Å². The molecule has 0 rings (SSSR count). The van der Waals surface area contributed by atoms with Crippen LogP contribution < -0.4 is 0 Å². The lowest BCUT2D eigenvalue weighted by Gasteiger charge is -2.08. The van der Waals surface area contributed by atoms with Crippen molar-refractivity contribution in [3.8, 4) is 0 Å². The van der Waals surface area contributed by atoms with Crippen LogP contribution in [0.3, 0.4) is 0 Å². The number of carbonyl (C=O) groups is 2. The van der Waals surface area contributed by atoms with E-state index in [-0.39, 0.29) is 18.5 Å². The second-order valence-corrected chi connectivity index (χ2v) is 4.36. The molecule has 1 atom stereocenters. The molecule has 6 nitrogen and oxygen atoms in total. The van der Waals surface area contributed by atoms with Gasteiger partial charge in [-0.2, -0.15) is 0 Å². The molecule has 0 aromatic carbocycles. The number of esters is 2. The van der Waals surface area contributed by atoms with Crippen molar-refractivity contribution in [1.29, 1.82) is 0 Å². The summed E-state index contributed by atoms with van der Waals surface area (Å²) in [5.74, 6) is -0.548. The van der Waals surface area contributed by atoms with E-state index in [1.54, 1.807) is 0 Å². The van der Waals surface area contributed by atoms with Crippen molar-refractivity contribution < 1.29 is 29.3 Å². The number of hydrogen-bond acceptors (Lipinski definition) is 6. The van der Waals surface area contributed by atoms with E-state index in [0.717, 1.165) is 32.1 Å². The second-order valence-electron chi connectivity index (χ2n) is 4.36. The monoisotopic (exact) mass is 276 g/mol. The number of aliphatic hydroxyl groups excluding tert-OH is 2. The molecule has 0 bridgehead atoms. The van der Waals surface area contributed by atoms with Gasteiger partial charge in [-0.15, -0.1) is 0 Å². The highest BCUT2D eigenvalue weighted by atomic mass is 16.5. The third-order valence-corrected chi connectivity index (χ3v) is 2.64. The average Bonchev–Trinajstić information content (AvgIpc) is 2.43. The van der Waals surface area contributed by atoms with Gasteiger partial charge in [0.1, 0.15) is 12.7 Å². The molecule has 0 radical (unpaired) electrons. The predicted molar refractivity (Wildman–Crippen MR) is 68.4 cm³/mol. The maximum Gasteiger partial charge on any atom is 0.305 e. The summed E-state index contributed by atoms with van der Waals surface area (Å²) in [5, 5.41) is 17.5. The molecule has 0 fully saturated rings. The highest BCUT2D eigenvalue weighted by molar-refractivity contribution is 5.69. The smallest absolute Gasteiger partial charge is 0.305 e. The SMILES string of the molecule is COC(=O)CCCCCCCC(=O)OCC(O)CO. The second kappa shape index (κ2) is 11.9. The number of ether oxygens (including phenoxy) is 2. The number of aliphatic hydroxyl groups is 2. The van der Waals surface area contributed by atoms with Gasteiger partial charge in [0.2, 0.25) is 0 Å². The van der Waals surface area contributed by atoms with E-state index < -0.39 is 12.7 Å². The number of hydrogen-bond donors (Lipinski definition) is 2. The first-order chi connectivity index (χ1) is 9.10. The van der Waals surface area contributed by atoms with Gasteiger partial charge in [-0.3, -0.25) is 9.59 Å². The minimum Gasteiger partial charge on any atom is -0.469 e. The molecule has 1 unspecified atom stereocenters. The standard InChI is InChI=1S/C13H24O6/c1-18-12(16)7-5-3-2-4-6-8-13(17)19-10-11(15)9-14/h11,14-15H,2-10H2,1H3. The summed E-state index contributed by atoms with van der Waals surface area (Å²) in [7, 11) is 1.38. The van der Waals surface area contributed by atoms with Crippen molar-refractivity contribution in [2.45, 2.75) is 51.0 Å². The molecule has 2 N–H and O–H groups in total. The molecule has 0 saturated heterocycles. The van der Waals surface area contributed by atoms with Gasteiger partial charge in [-0.1, -0.05) is 19.3 Å². The van der Waals surface area contributed by atoms with Crippen molar-refractivity contribution in [2.75, 3.05) is 20.3 Å². The quantitative estimate of drug-likeness (QED) is 0.428. The zero-order valence-corrected chi connectivity index (χ0v) is 11.5. The summed E-state index contributed by atoms with van der Waals surface area (Å²) in [6.45, 7) is -0.568. The Labute approximate surface area is 113 Å². The van der Waals surface area contributed by atoms with E-state index >= 15 is 0 Å². The lowest BCUT2D eigenvalue weighted by molar-refractivity contribution is -0.147. The Bertz CT molecular complexity index is 254. The maximum atomic E-state index is 11.2. The highest BCUT2D eigenvalue weighted by Gasteiger charge is 2.07. The molecule has 0 spiro atoms. The molecule has 0 aromatic heterocycles. The zero-order chi connectivity index (χ0) is 14.5. The minimum absolute atomic E-state index is 0.158. The fraction of sp³-hybridized carbons (Fsp3) is 0.846. The van der Waals surface area contributed by atoms with Gasteiger partial charge in [-0.05, 0) is 12.8 Å². The van der Waals surface area contributed by atoms with Crippen molar-refractivity contribution in [3.63, 3.8) is 0 Å². The van der Waals surface area contributed by atoms with Gasteiger partial charge in [0.05, 0.1) is 13.7 Å². The molecule has 0 saturated carbocycles. The summed E-state index contributed by atoms with van der Waals surface area (Å²) < 4.78 is 9.28. The third-order valence-electron chi connectivity index (χ3n) is 2.64. The van der Waals surface area contributed by atoms with Crippen LogP contribution >= 0.6 is 0 Å². The van der Waals surface area contributed by atoms with E-state index in [1.807, 2.05) is 0 Å². The van der Waals surface area contributed by atoms with Crippen LogP contribution in [0.5, 0.6) is 0 Å². The highest BCUT2D eigenvalue weighted by Crippen LogP contribution is 2.08. The summed E-state index contributed by atoms with van der Waals surface area (Å²) in [4.78, 5) is 22.0. The van der Waals surface area contributed by atoms with Crippen LogP contribution in [-0.4, -0.2) is 48.6 Å². The van der Waals surface area contributed by atoms with Crippen LogP contribution in [0.4, 0.5) is 0 Å². The molecule has 0 amide bonds. The van der Waals surface area contributed by atoms with Crippen LogP contribution in [0, 0.1) is 0 Å². The zero-order valence-electron chi connectivity index (χ0n) is 11.5. The summed E-state index contributed by atoms with van der Waals surface area (Å²) >= 11 is 0. The summed E-state index contributed by atoms with van der Waals surface area (Å²) in [6, 6.07) is 0. The van der Waals surface area contributed by atoms with E-state index in [4.69, 9.17) is 14.9 Å². The van der Waals surface area contributed by atoms with Gasteiger partial charge in [0, 0.05) is 12.8 Å². The Morgan fingerprint density at radius 2 is 1.53 bits per heavy atom. The van der Waals surface area contributed by atoms with E-state index in [9.17, 15) is 9.59 Å². The van der Waals surface area contributed by atoms with Crippen molar-refractivity contribution in [3.05, 3.63) is 0 Å². The lowest BCUT2D eigenvalue weighted by atomic mass is 10.1. The molecule has 0 aliphatic heterocycles. The van der Waals surface area contributed by atoms with Gasteiger partial charge in [0.15, 0.2) is 0 Å². The Hall–Kier alpha value is -1.14. The fourth-order valence-corrected chi connectivity index (χ4v) is 1.49. The number of methoxy groups -OCH3 is 1. The number of carbonyl (C=O) groups excluding carboxylic acids is 2. The minimum atomic E-state index is -0.998. The molecule has 0 aromatic rings. The Morgan fingerprint density at radius 1 is 1.00 bits per heavy atom. The first kappa shape index (κ1) is 17.9. The molecule has 19 heavy (non-hydrogen) atoms. The largest absolute Gasteiger partial charge is 0.469 e. The van der Waals surface area contributed by atoms with Crippen molar-refractivity contribution >= 4 is 11.9 Å². The van der Waals surface area contributed by atoms with Gasteiger partial charge < -0.3 is 19.7 Å². The predicted octanol–water partition coefficient (Wildman–Crippen LogP) is 0.786. The van der Waals surface area contributed by atoms with Gasteiger partial charge in [0.25, 0.3) is 0 Å². The first-order valence-electron chi connectivity index (χ1n) is 6.61. The first-order valence-corrected chi connectivity index (χ1v) is 6.61. The van der Waals surface area contributed by atoms with Crippen LogP contribution in [0.1, 0.15) is 44.9 Å². The van der Waals surface area contributed by atoms with Crippen LogP contribution in [0.25, 0.3) is 0 Å². The Balaban J connectivity index is 3.30. The molecule has 0 aliphatic carbocycles. The maximum absolute atomic E-state index is 11.2. The molecule has 112 valence electrons. The Kier molecular flexibility index (Phi) is 11.2. The molecule has 0 heterocycles. The number of rotatable bonds is 11. The van der Waals surface area contributed by atoms with Crippen LogP contribution in [0.2, 0.25) is 0 Å². The van der Waals surface area contributed by atoms with E-state index in [1.165, 1.54) is 7.11 Å². The Morgan fingerprint density at radius 3 is 2.05 bits per heavy atom. The number of unbranched alkanes of at least 4 members (excludes halogenated alkanes) is 4. The fourth-order valence-electron chi connectivity index (χ4n) is 1.49. The van der Waals surface area contributed by atoms with E-state index in [2.05, 4.69) is 4.74 Å². The average molecular weight is 276 g/mol. The van der Waals surface area contributed by atoms with Crippen molar-refractivity contribution in [1.82, 2.24) is 0 Å². The summed E-state index contributed by atoms with van der Waals surface area (Å²) in [5.41, 5.74) is 0. The van der Waals surface area contributed by atoms with Gasteiger partial charge in [-0.25, -0.2) is 0 Å². The molecule has 0 aliphatic rings. The molecule has 6 heteroatoms. The van der Waals surface area contributed by atoms with Crippen molar-refractivity contribution in [2.24, 2.45) is 0 Å².